The van der Waals surface area contributed by atoms with Crippen LogP contribution in [0.5, 0.6) is 0 Å². The zero-order chi connectivity index (χ0) is 26.1. The highest BCUT2D eigenvalue weighted by atomic mass is 16.5. The highest BCUT2D eigenvalue weighted by Crippen LogP contribution is 2.29. The van der Waals surface area contributed by atoms with Crippen molar-refractivity contribution in [3.8, 4) is 0 Å². The summed E-state index contributed by atoms with van der Waals surface area (Å²) < 4.78 is 12.7. The summed E-state index contributed by atoms with van der Waals surface area (Å²) in [6, 6.07) is 13.5. The van der Waals surface area contributed by atoms with E-state index in [2.05, 4.69) is 102 Å². The number of benzene rings is 1. The molecule has 2 aliphatic rings. The Morgan fingerprint density at radius 2 is 1.19 bits per heavy atom. The van der Waals surface area contributed by atoms with E-state index in [-0.39, 0.29) is 35.2 Å². The van der Waals surface area contributed by atoms with Gasteiger partial charge >= 0.3 is 0 Å². The Hall–Kier alpha value is -2.11. The van der Waals surface area contributed by atoms with E-state index >= 15 is 0 Å². The van der Waals surface area contributed by atoms with Gasteiger partial charge in [0.15, 0.2) is 0 Å². The first-order valence-electron chi connectivity index (χ1n) is 13.8. The Morgan fingerprint density at radius 3 is 1.69 bits per heavy atom. The second-order valence-electron chi connectivity index (χ2n) is 13.0. The molecule has 5 nitrogen and oxygen atoms in total. The minimum atomic E-state index is 0.117. The molecule has 2 aliphatic heterocycles. The fourth-order valence-corrected chi connectivity index (χ4v) is 5.37. The summed E-state index contributed by atoms with van der Waals surface area (Å²) in [6.45, 7) is 21.5. The number of hydrogen-bond donors (Lipinski definition) is 0. The van der Waals surface area contributed by atoms with Crippen molar-refractivity contribution in [3.63, 3.8) is 0 Å². The maximum absolute atomic E-state index is 6.37. The number of morpholine rings is 2. The van der Waals surface area contributed by atoms with Crippen molar-refractivity contribution < 1.29 is 9.47 Å². The molecule has 0 aliphatic carbocycles. The van der Waals surface area contributed by atoms with Gasteiger partial charge in [-0.05, 0) is 66.8 Å². The standard InChI is InChI=1S/C31H47N3O2/c1-22-18-33(26-12-9-24(10-13-26)30(3,4)5)20-27(35-22)14-15-28-21-34(19-23(2)36-28)29-16-11-25(17-32-29)31(6,7)8/h9-13,16-17,22-23,27-28H,14-15,18-21H2,1-8H3/t22-,23+,27+,28-/m0/s1. The second kappa shape index (κ2) is 10.7. The molecule has 1 aromatic carbocycles. The molecule has 0 spiro atoms. The topological polar surface area (TPSA) is 37.8 Å². The van der Waals surface area contributed by atoms with Crippen molar-refractivity contribution >= 4 is 11.5 Å². The van der Waals surface area contributed by atoms with Crippen LogP contribution in [0.3, 0.4) is 0 Å². The second-order valence-corrected chi connectivity index (χ2v) is 13.0. The molecular weight excluding hydrogens is 446 g/mol. The molecule has 1 aromatic heterocycles. The Kier molecular flexibility index (Phi) is 8.01. The van der Waals surface area contributed by atoms with Crippen LogP contribution < -0.4 is 9.80 Å². The van der Waals surface area contributed by atoms with E-state index in [1.165, 1.54) is 16.8 Å². The number of anilines is 2. The average Bonchev–Trinajstić information content (AvgIpc) is 2.81. The molecule has 4 atom stereocenters. The van der Waals surface area contributed by atoms with Gasteiger partial charge in [0, 0.05) is 38.1 Å². The third kappa shape index (κ3) is 6.80. The predicted octanol–water partition coefficient (Wildman–Crippen LogP) is 6.34. The van der Waals surface area contributed by atoms with Crippen molar-refractivity contribution in [3.05, 3.63) is 53.7 Å². The third-order valence-corrected chi connectivity index (χ3v) is 7.50. The Morgan fingerprint density at radius 1 is 0.694 bits per heavy atom. The Labute approximate surface area is 219 Å². The molecule has 2 fully saturated rings. The fourth-order valence-electron chi connectivity index (χ4n) is 5.37. The SMILES string of the molecule is C[C@@H]1CN(c2ccc(C(C)(C)C)cn2)C[C@H](CC[C@@H]2CN(c3ccc(C(C)(C)C)cc3)C[C@H](C)O2)O1. The summed E-state index contributed by atoms with van der Waals surface area (Å²) in [6.07, 6.45) is 4.85. The molecule has 0 N–H and O–H groups in total. The van der Waals surface area contributed by atoms with Gasteiger partial charge < -0.3 is 19.3 Å². The Balaban J connectivity index is 1.35. The van der Waals surface area contributed by atoms with E-state index in [0.29, 0.717) is 0 Å². The molecule has 36 heavy (non-hydrogen) atoms. The highest BCUT2D eigenvalue weighted by molar-refractivity contribution is 5.49. The molecule has 0 bridgehead atoms. The van der Waals surface area contributed by atoms with Crippen molar-refractivity contribution in [2.45, 2.75) is 103 Å². The summed E-state index contributed by atoms with van der Waals surface area (Å²) >= 11 is 0. The molecule has 0 amide bonds. The van der Waals surface area contributed by atoms with E-state index < -0.39 is 0 Å². The van der Waals surface area contributed by atoms with Crippen molar-refractivity contribution in [1.29, 1.82) is 0 Å². The number of nitrogens with zero attached hydrogens (tertiary/aromatic N) is 3. The van der Waals surface area contributed by atoms with Gasteiger partial charge in [0.2, 0.25) is 0 Å². The lowest BCUT2D eigenvalue weighted by Crippen LogP contribution is -2.49. The number of rotatable bonds is 5. The quantitative estimate of drug-likeness (QED) is 0.486. The maximum Gasteiger partial charge on any atom is 0.128 e. The van der Waals surface area contributed by atoms with Crippen LogP contribution in [0.25, 0.3) is 0 Å². The van der Waals surface area contributed by atoms with Gasteiger partial charge in [-0.2, -0.15) is 0 Å². The number of ether oxygens (including phenoxy) is 2. The first-order chi connectivity index (χ1) is 16.9. The van der Waals surface area contributed by atoms with Gasteiger partial charge in [0.05, 0.1) is 24.4 Å². The normalized spacial score (nSPS) is 25.8. The number of pyridine rings is 1. The first-order valence-corrected chi connectivity index (χ1v) is 13.8. The van der Waals surface area contributed by atoms with Crippen LogP contribution in [-0.2, 0) is 20.3 Å². The number of hydrogen-bond acceptors (Lipinski definition) is 5. The number of aromatic nitrogens is 1. The van der Waals surface area contributed by atoms with Gasteiger partial charge in [-0.3, -0.25) is 0 Å². The smallest absolute Gasteiger partial charge is 0.128 e. The van der Waals surface area contributed by atoms with Crippen LogP contribution in [0.15, 0.2) is 42.6 Å². The highest BCUT2D eigenvalue weighted by Gasteiger charge is 2.30. The predicted molar refractivity (Wildman–Crippen MR) is 150 cm³/mol. The molecule has 4 rings (SSSR count). The molecule has 0 unspecified atom stereocenters. The van der Waals surface area contributed by atoms with Crippen molar-refractivity contribution in [2.24, 2.45) is 0 Å². The summed E-state index contributed by atoms with van der Waals surface area (Å²) in [5, 5.41) is 0. The van der Waals surface area contributed by atoms with E-state index in [0.717, 1.165) is 44.8 Å². The summed E-state index contributed by atoms with van der Waals surface area (Å²) in [5.41, 5.74) is 4.23. The van der Waals surface area contributed by atoms with Crippen LogP contribution in [0, 0.1) is 0 Å². The van der Waals surface area contributed by atoms with Crippen molar-refractivity contribution in [1.82, 2.24) is 4.98 Å². The van der Waals surface area contributed by atoms with Crippen molar-refractivity contribution in [2.75, 3.05) is 36.0 Å². The molecule has 2 aromatic rings. The molecular formula is C31H47N3O2. The summed E-state index contributed by atoms with van der Waals surface area (Å²) in [4.78, 5) is 9.68. The zero-order valence-corrected chi connectivity index (χ0v) is 23.8. The molecule has 198 valence electrons. The van der Waals surface area contributed by atoms with E-state index in [1.54, 1.807) is 0 Å². The molecule has 0 saturated carbocycles. The minimum Gasteiger partial charge on any atom is -0.372 e. The van der Waals surface area contributed by atoms with Gasteiger partial charge in [0.25, 0.3) is 0 Å². The lowest BCUT2D eigenvalue weighted by Gasteiger charge is -2.40. The summed E-state index contributed by atoms with van der Waals surface area (Å²) in [7, 11) is 0. The minimum absolute atomic E-state index is 0.117. The van der Waals surface area contributed by atoms with Gasteiger partial charge in [-0.1, -0.05) is 59.7 Å². The van der Waals surface area contributed by atoms with Gasteiger partial charge in [0.1, 0.15) is 5.82 Å². The van der Waals surface area contributed by atoms with Crippen LogP contribution in [0.2, 0.25) is 0 Å². The largest absolute Gasteiger partial charge is 0.372 e. The van der Waals surface area contributed by atoms with E-state index in [1.807, 2.05) is 6.20 Å². The van der Waals surface area contributed by atoms with Crippen LogP contribution in [-0.4, -0.2) is 55.6 Å². The maximum atomic E-state index is 6.37. The average molecular weight is 494 g/mol. The van der Waals surface area contributed by atoms with Gasteiger partial charge in [-0.15, -0.1) is 0 Å². The lowest BCUT2D eigenvalue weighted by molar-refractivity contribution is -0.0488. The third-order valence-electron chi connectivity index (χ3n) is 7.50. The van der Waals surface area contributed by atoms with Gasteiger partial charge in [-0.25, -0.2) is 4.98 Å². The Bertz CT molecular complexity index is 893. The molecule has 5 heteroatoms. The lowest BCUT2D eigenvalue weighted by atomic mass is 9.87. The summed E-state index contributed by atoms with van der Waals surface area (Å²) in [5.74, 6) is 1.05. The van der Waals surface area contributed by atoms with Crippen LogP contribution in [0.4, 0.5) is 11.5 Å². The molecule has 2 saturated heterocycles. The van der Waals surface area contributed by atoms with Crippen LogP contribution >= 0.6 is 0 Å². The molecule has 0 radical (unpaired) electrons. The monoisotopic (exact) mass is 493 g/mol. The molecule has 3 heterocycles. The fraction of sp³-hybridized carbons (Fsp3) is 0.645. The first kappa shape index (κ1) is 26.9. The van der Waals surface area contributed by atoms with E-state index in [4.69, 9.17) is 14.5 Å². The zero-order valence-electron chi connectivity index (χ0n) is 23.8. The van der Waals surface area contributed by atoms with E-state index in [9.17, 15) is 0 Å². The van der Waals surface area contributed by atoms with Crippen LogP contribution in [0.1, 0.15) is 79.4 Å².